The predicted molar refractivity (Wildman–Crippen MR) is 68.0 cm³/mol. The molecule has 1 unspecified atom stereocenters. The van der Waals surface area contributed by atoms with Gasteiger partial charge in [0.15, 0.2) is 11.5 Å². The molecule has 1 heterocycles. The Bertz CT molecular complexity index is 464. The third-order valence-corrected chi connectivity index (χ3v) is 3.15. The molecule has 0 fully saturated rings. The minimum Gasteiger partial charge on any atom is -0.486 e. The summed E-state index contributed by atoms with van der Waals surface area (Å²) in [5.74, 6) is 2.15. The number of benzene rings is 1. The van der Waals surface area contributed by atoms with Crippen LogP contribution in [0, 0.1) is 5.92 Å². The Morgan fingerprint density at radius 2 is 2.00 bits per heavy atom. The molecule has 0 radical (unpaired) electrons. The zero-order chi connectivity index (χ0) is 13.0. The van der Waals surface area contributed by atoms with E-state index in [4.69, 9.17) is 9.47 Å². The van der Waals surface area contributed by atoms with Gasteiger partial charge in [0.1, 0.15) is 13.2 Å². The van der Waals surface area contributed by atoms with E-state index < -0.39 is 0 Å². The molecular weight excluding hydrogens is 230 g/mol. The van der Waals surface area contributed by atoms with Crippen molar-refractivity contribution in [3.8, 4) is 11.5 Å². The van der Waals surface area contributed by atoms with Gasteiger partial charge in [-0.2, -0.15) is 0 Å². The lowest BCUT2D eigenvalue weighted by Gasteiger charge is -2.23. The Kier molecular flexibility index (Phi) is 4.00. The van der Waals surface area contributed by atoms with Crippen molar-refractivity contribution in [3.63, 3.8) is 0 Å². The number of rotatable bonds is 4. The van der Waals surface area contributed by atoms with E-state index in [1.807, 2.05) is 18.2 Å². The van der Waals surface area contributed by atoms with E-state index in [9.17, 15) is 4.79 Å². The van der Waals surface area contributed by atoms with Gasteiger partial charge in [0, 0.05) is 5.92 Å². The van der Waals surface area contributed by atoms with Crippen molar-refractivity contribution < 1.29 is 14.3 Å². The van der Waals surface area contributed by atoms with Crippen molar-refractivity contribution in [2.45, 2.75) is 19.8 Å². The normalized spacial score (nSPS) is 15.1. The lowest BCUT2D eigenvalue weighted by molar-refractivity contribution is 0.171. The second kappa shape index (κ2) is 5.69. The van der Waals surface area contributed by atoms with E-state index in [1.165, 1.54) is 0 Å². The molecule has 1 atom stereocenters. The van der Waals surface area contributed by atoms with Gasteiger partial charge < -0.3 is 9.47 Å². The number of hydrogen-bond donors (Lipinski definition) is 0. The van der Waals surface area contributed by atoms with E-state index in [0.29, 0.717) is 25.7 Å². The Morgan fingerprint density at radius 3 is 2.67 bits per heavy atom. The molecule has 1 aliphatic heterocycles. The number of fused-ring (bicyclic) bond motifs is 1. The summed E-state index contributed by atoms with van der Waals surface area (Å²) in [6.45, 7) is 5.86. The largest absolute Gasteiger partial charge is 0.486 e. The molecule has 4 heteroatoms. The van der Waals surface area contributed by atoms with Gasteiger partial charge in [-0.15, -0.1) is 0 Å². The Balaban J connectivity index is 2.27. The van der Waals surface area contributed by atoms with E-state index in [-0.39, 0.29) is 5.92 Å². The number of hydrogen-bond acceptors (Lipinski definition) is 4. The molecule has 18 heavy (non-hydrogen) atoms. The molecule has 0 N–H and O–H groups in total. The van der Waals surface area contributed by atoms with Crippen LogP contribution in [0.1, 0.15) is 25.3 Å². The number of nitrogens with zero attached hydrogens (tertiary/aromatic N) is 1. The first kappa shape index (κ1) is 12.7. The molecule has 0 saturated carbocycles. The number of carbonyl (C=O) groups excluding carboxylic acids is 1. The molecule has 1 aromatic rings. The molecule has 1 aliphatic rings. The van der Waals surface area contributed by atoms with Crippen LogP contribution < -0.4 is 9.47 Å². The topological polar surface area (TPSA) is 47.9 Å². The average molecular weight is 247 g/mol. The molecule has 4 nitrogen and oxygen atoms in total. The molecule has 1 aromatic carbocycles. The van der Waals surface area contributed by atoms with Gasteiger partial charge in [0.2, 0.25) is 6.08 Å². The molecule has 0 amide bonds. The molecule has 0 aromatic heterocycles. The summed E-state index contributed by atoms with van der Waals surface area (Å²) in [7, 11) is 0. The van der Waals surface area contributed by atoms with E-state index >= 15 is 0 Å². The quantitative estimate of drug-likeness (QED) is 0.606. The van der Waals surface area contributed by atoms with Crippen LogP contribution in [0.25, 0.3) is 0 Å². The van der Waals surface area contributed by atoms with Crippen molar-refractivity contribution >= 4 is 6.08 Å². The fourth-order valence-electron chi connectivity index (χ4n) is 2.13. The first-order valence-corrected chi connectivity index (χ1v) is 6.15. The second-order valence-corrected chi connectivity index (χ2v) is 4.69. The average Bonchev–Trinajstić information content (AvgIpc) is 2.38. The molecule has 2 rings (SSSR count). The standard InChI is InChI=1S/C14H17NO3/c1-10(2)12(8-15-9-16)11-3-4-13-14(7-11)18-6-5-17-13/h3-4,7,10,12H,5-6,8H2,1-2H3. The van der Waals surface area contributed by atoms with Crippen molar-refractivity contribution in [2.75, 3.05) is 19.8 Å². The fraction of sp³-hybridized carbons (Fsp3) is 0.500. The molecule has 0 spiro atoms. The first-order chi connectivity index (χ1) is 8.72. The second-order valence-electron chi connectivity index (χ2n) is 4.69. The summed E-state index contributed by atoms with van der Waals surface area (Å²) in [5, 5.41) is 0. The van der Waals surface area contributed by atoms with Gasteiger partial charge in [0.05, 0.1) is 6.54 Å². The first-order valence-electron chi connectivity index (χ1n) is 6.15. The molecule has 0 bridgehead atoms. The summed E-state index contributed by atoms with van der Waals surface area (Å²) in [6, 6.07) is 5.92. The van der Waals surface area contributed by atoms with Crippen molar-refractivity contribution in [3.05, 3.63) is 23.8 Å². The molecular formula is C14H17NO3. The Hall–Kier alpha value is -1.80. The van der Waals surface area contributed by atoms with Crippen molar-refractivity contribution in [1.82, 2.24) is 0 Å². The third-order valence-electron chi connectivity index (χ3n) is 3.15. The maximum Gasteiger partial charge on any atom is 0.234 e. The minimum absolute atomic E-state index is 0.197. The highest BCUT2D eigenvalue weighted by molar-refractivity contribution is 5.45. The van der Waals surface area contributed by atoms with Crippen LogP contribution in [-0.2, 0) is 4.79 Å². The lowest BCUT2D eigenvalue weighted by Crippen LogP contribution is -2.16. The zero-order valence-corrected chi connectivity index (χ0v) is 10.7. The van der Waals surface area contributed by atoms with E-state index in [2.05, 4.69) is 18.8 Å². The number of aliphatic imine (C=N–C) groups is 1. The van der Waals surface area contributed by atoms with Crippen LogP contribution in [0.15, 0.2) is 23.2 Å². The van der Waals surface area contributed by atoms with Crippen molar-refractivity contribution in [2.24, 2.45) is 10.9 Å². The minimum atomic E-state index is 0.197. The monoisotopic (exact) mass is 247 g/mol. The summed E-state index contributed by atoms with van der Waals surface area (Å²) >= 11 is 0. The summed E-state index contributed by atoms with van der Waals surface area (Å²) < 4.78 is 11.1. The van der Waals surface area contributed by atoms with Gasteiger partial charge in [0.25, 0.3) is 0 Å². The fourth-order valence-corrected chi connectivity index (χ4v) is 2.13. The van der Waals surface area contributed by atoms with E-state index in [0.717, 1.165) is 17.1 Å². The van der Waals surface area contributed by atoms with Gasteiger partial charge in [-0.05, 0) is 23.6 Å². The molecule has 0 aliphatic carbocycles. The smallest absolute Gasteiger partial charge is 0.234 e. The van der Waals surface area contributed by atoms with Gasteiger partial charge in [-0.1, -0.05) is 19.9 Å². The van der Waals surface area contributed by atoms with Crippen LogP contribution in [0.2, 0.25) is 0 Å². The van der Waals surface area contributed by atoms with Gasteiger partial charge >= 0.3 is 0 Å². The van der Waals surface area contributed by atoms with Crippen LogP contribution in [-0.4, -0.2) is 25.8 Å². The highest BCUT2D eigenvalue weighted by atomic mass is 16.6. The lowest BCUT2D eigenvalue weighted by atomic mass is 9.88. The number of ether oxygens (including phenoxy) is 2. The predicted octanol–water partition coefficient (Wildman–Crippen LogP) is 2.53. The van der Waals surface area contributed by atoms with Crippen LogP contribution in [0.3, 0.4) is 0 Å². The number of isocyanates is 1. The van der Waals surface area contributed by atoms with E-state index in [1.54, 1.807) is 6.08 Å². The SMILES string of the molecule is CC(C)C(CN=C=O)c1ccc2c(c1)OCCO2. The zero-order valence-electron chi connectivity index (χ0n) is 10.7. The highest BCUT2D eigenvalue weighted by Crippen LogP contribution is 2.35. The van der Waals surface area contributed by atoms with Crippen LogP contribution in [0.5, 0.6) is 11.5 Å². The van der Waals surface area contributed by atoms with Crippen LogP contribution in [0.4, 0.5) is 0 Å². The van der Waals surface area contributed by atoms with Gasteiger partial charge in [-0.3, -0.25) is 0 Å². The summed E-state index contributed by atoms with van der Waals surface area (Å²) in [6.07, 6.45) is 1.60. The van der Waals surface area contributed by atoms with Gasteiger partial charge in [-0.25, -0.2) is 9.79 Å². The maximum absolute atomic E-state index is 10.3. The third kappa shape index (κ3) is 2.71. The highest BCUT2D eigenvalue weighted by Gasteiger charge is 2.19. The van der Waals surface area contributed by atoms with Crippen molar-refractivity contribution in [1.29, 1.82) is 0 Å². The van der Waals surface area contributed by atoms with Crippen LogP contribution >= 0.6 is 0 Å². The molecule has 96 valence electrons. The summed E-state index contributed by atoms with van der Waals surface area (Å²) in [5.41, 5.74) is 1.12. The Labute approximate surface area is 107 Å². The summed E-state index contributed by atoms with van der Waals surface area (Å²) in [4.78, 5) is 14.0. The molecule has 0 saturated heterocycles. The maximum atomic E-state index is 10.3. The Morgan fingerprint density at radius 1 is 1.28 bits per heavy atom.